The first-order chi connectivity index (χ1) is 20.5. The highest BCUT2D eigenvalue weighted by Gasteiger charge is 2.43. The van der Waals surface area contributed by atoms with Crippen LogP contribution in [0, 0.1) is 0 Å². The molecule has 12 nitrogen and oxygen atoms in total. The number of benzene rings is 2. The monoisotopic (exact) mass is 593 g/mol. The standard InChI is InChI=1S/C31H39N5O7/c1-19-9-14-26(28(40)33-18-27(38)39)36(19)31(43)24(17-20-6-3-2-4-7-20)34-29(41)25-8-5-15-35(25)30(42)23(32)16-21-10-12-22(37)13-11-21/h2-4,6-7,10-13,19,23-26,37H,5,8-9,14-18,32H2,1H3,(H,33,40)(H,34,41)(H,38,39)/t19-,23+,24+,25+,26+/m1/s1. The molecule has 2 aliphatic heterocycles. The number of amides is 4. The van der Waals surface area contributed by atoms with Crippen molar-refractivity contribution in [3.05, 3.63) is 65.7 Å². The summed E-state index contributed by atoms with van der Waals surface area (Å²) in [5.74, 6) is -2.94. The maximum absolute atomic E-state index is 14.0. The molecule has 2 aromatic rings. The summed E-state index contributed by atoms with van der Waals surface area (Å²) in [6.07, 6.45) is 2.33. The lowest BCUT2D eigenvalue weighted by molar-refractivity contribution is -0.145. The molecule has 0 unspecified atom stereocenters. The van der Waals surface area contributed by atoms with Crippen LogP contribution < -0.4 is 16.4 Å². The highest BCUT2D eigenvalue weighted by molar-refractivity contribution is 5.96. The number of aromatic hydroxyl groups is 1. The van der Waals surface area contributed by atoms with E-state index in [9.17, 15) is 29.1 Å². The number of phenolic OH excluding ortho intramolecular Hbond substituents is 1. The lowest BCUT2D eigenvalue weighted by Crippen LogP contribution is -2.59. The second-order valence-electron chi connectivity index (χ2n) is 11.2. The summed E-state index contributed by atoms with van der Waals surface area (Å²) in [6.45, 7) is 1.61. The van der Waals surface area contributed by atoms with Crippen LogP contribution in [-0.2, 0) is 36.8 Å². The third-order valence-corrected chi connectivity index (χ3v) is 8.08. The highest BCUT2D eigenvalue weighted by Crippen LogP contribution is 2.26. The first-order valence-electron chi connectivity index (χ1n) is 14.5. The van der Waals surface area contributed by atoms with E-state index in [0.29, 0.717) is 32.2 Å². The van der Waals surface area contributed by atoms with Gasteiger partial charge in [0, 0.05) is 19.0 Å². The molecule has 0 aliphatic carbocycles. The molecule has 230 valence electrons. The van der Waals surface area contributed by atoms with Crippen molar-refractivity contribution in [2.75, 3.05) is 13.1 Å². The van der Waals surface area contributed by atoms with Gasteiger partial charge in [-0.1, -0.05) is 42.5 Å². The fourth-order valence-electron chi connectivity index (χ4n) is 5.88. The Morgan fingerprint density at radius 3 is 2.23 bits per heavy atom. The molecule has 0 radical (unpaired) electrons. The zero-order chi connectivity index (χ0) is 31.1. The highest BCUT2D eigenvalue weighted by atomic mass is 16.4. The third-order valence-electron chi connectivity index (χ3n) is 8.08. The summed E-state index contributed by atoms with van der Waals surface area (Å²) in [5.41, 5.74) is 7.82. The van der Waals surface area contributed by atoms with Gasteiger partial charge >= 0.3 is 5.97 Å². The molecule has 2 fully saturated rings. The summed E-state index contributed by atoms with van der Waals surface area (Å²) < 4.78 is 0. The zero-order valence-corrected chi connectivity index (χ0v) is 24.1. The van der Waals surface area contributed by atoms with Gasteiger partial charge in [-0.2, -0.15) is 0 Å². The Bertz CT molecular complexity index is 1320. The average molecular weight is 594 g/mol. The maximum atomic E-state index is 14.0. The van der Waals surface area contributed by atoms with Crippen molar-refractivity contribution in [1.29, 1.82) is 0 Å². The fourth-order valence-corrected chi connectivity index (χ4v) is 5.88. The molecule has 6 N–H and O–H groups in total. The summed E-state index contributed by atoms with van der Waals surface area (Å²) in [5, 5.41) is 23.7. The zero-order valence-electron chi connectivity index (χ0n) is 24.1. The molecule has 0 bridgehead atoms. The summed E-state index contributed by atoms with van der Waals surface area (Å²) in [7, 11) is 0. The maximum Gasteiger partial charge on any atom is 0.322 e. The molecule has 4 amide bonds. The van der Waals surface area contributed by atoms with Crippen LogP contribution in [0.3, 0.4) is 0 Å². The summed E-state index contributed by atoms with van der Waals surface area (Å²) in [4.78, 5) is 67.7. The van der Waals surface area contributed by atoms with Gasteiger partial charge in [-0.3, -0.25) is 24.0 Å². The number of nitrogens with two attached hydrogens (primary N) is 1. The minimum atomic E-state index is -1.19. The molecule has 2 saturated heterocycles. The van der Waals surface area contributed by atoms with Gasteiger partial charge in [0.05, 0.1) is 6.04 Å². The van der Waals surface area contributed by atoms with Crippen LogP contribution in [0.2, 0.25) is 0 Å². The molecular formula is C31H39N5O7. The van der Waals surface area contributed by atoms with Crippen LogP contribution in [0.25, 0.3) is 0 Å². The van der Waals surface area contributed by atoms with Crippen molar-refractivity contribution in [3.8, 4) is 5.75 Å². The molecule has 43 heavy (non-hydrogen) atoms. The van der Waals surface area contributed by atoms with Gasteiger partial charge in [0.2, 0.25) is 23.6 Å². The number of carbonyl (C=O) groups is 5. The molecule has 12 heteroatoms. The van der Waals surface area contributed by atoms with Crippen molar-refractivity contribution in [2.24, 2.45) is 5.73 Å². The second-order valence-corrected chi connectivity index (χ2v) is 11.2. The van der Waals surface area contributed by atoms with Crippen molar-refractivity contribution >= 4 is 29.6 Å². The van der Waals surface area contributed by atoms with Crippen molar-refractivity contribution in [3.63, 3.8) is 0 Å². The number of hydrogen-bond acceptors (Lipinski definition) is 7. The van der Waals surface area contributed by atoms with Gasteiger partial charge < -0.3 is 36.4 Å². The van der Waals surface area contributed by atoms with Gasteiger partial charge in [-0.25, -0.2) is 0 Å². The number of nitrogens with one attached hydrogen (secondary N) is 2. The molecule has 2 aliphatic rings. The third kappa shape index (κ3) is 7.89. The first kappa shape index (κ1) is 31.5. The Balaban J connectivity index is 1.50. The number of rotatable bonds is 11. The minimum absolute atomic E-state index is 0.107. The van der Waals surface area contributed by atoms with Crippen molar-refractivity contribution < 1.29 is 34.2 Å². The molecule has 0 saturated carbocycles. The number of carbonyl (C=O) groups excluding carboxylic acids is 4. The lowest BCUT2D eigenvalue weighted by Gasteiger charge is -2.33. The normalized spacial score (nSPS) is 21.2. The number of aliphatic carboxylic acids is 1. The van der Waals surface area contributed by atoms with E-state index in [-0.39, 0.29) is 30.5 Å². The van der Waals surface area contributed by atoms with Gasteiger partial charge in [-0.15, -0.1) is 0 Å². The van der Waals surface area contributed by atoms with E-state index in [0.717, 1.165) is 11.1 Å². The smallest absolute Gasteiger partial charge is 0.322 e. The van der Waals surface area contributed by atoms with Crippen LogP contribution in [0.4, 0.5) is 0 Å². The summed E-state index contributed by atoms with van der Waals surface area (Å²) >= 11 is 0. The van der Waals surface area contributed by atoms with E-state index < -0.39 is 54.4 Å². The largest absolute Gasteiger partial charge is 0.508 e. The molecular weight excluding hydrogens is 554 g/mol. The SMILES string of the molecule is C[C@@H]1CC[C@@H](C(=O)NCC(=O)O)N1C(=O)[C@H](Cc1ccccc1)NC(=O)[C@@H]1CCCN1C(=O)[C@@H](N)Cc1ccc(O)cc1. The van der Waals surface area contributed by atoms with Gasteiger partial charge in [0.15, 0.2) is 0 Å². The fraction of sp³-hybridized carbons (Fsp3) is 0.452. The van der Waals surface area contributed by atoms with E-state index in [1.807, 2.05) is 37.3 Å². The number of carboxylic acids is 1. The number of hydrogen-bond donors (Lipinski definition) is 5. The van der Waals surface area contributed by atoms with Crippen LogP contribution in [0.5, 0.6) is 5.75 Å². The van der Waals surface area contributed by atoms with Crippen LogP contribution in [0.15, 0.2) is 54.6 Å². The predicted molar refractivity (Wildman–Crippen MR) is 157 cm³/mol. The van der Waals surface area contributed by atoms with Crippen LogP contribution in [0.1, 0.15) is 43.7 Å². The van der Waals surface area contributed by atoms with Crippen LogP contribution >= 0.6 is 0 Å². The minimum Gasteiger partial charge on any atom is -0.508 e. The number of nitrogens with zero attached hydrogens (tertiary/aromatic N) is 2. The summed E-state index contributed by atoms with van der Waals surface area (Å²) in [6, 6.07) is 11.7. The Hall–Kier alpha value is -4.45. The predicted octanol–water partition coefficient (Wildman–Crippen LogP) is 0.561. The quantitative estimate of drug-likeness (QED) is 0.250. The van der Waals surface area contributed by atoms with E-state index in [4.69, 9.17) is 10.8 Å². The Morgan fingerprint density at radius 1 is 0.884 bits per heavy atom. The number of phenols is 1. The van der Waals surface area contributed by atoms with Crippen molar-refractivity contribution in [2.45, 2.75) is 75.7 Å². The van der Waals surface area contributed by atoms with Crippen LogP contribution in [-0.4, -0.2) is 92.9 Å². The molecule has 0 aromatic heterocycles. The Morgan fingerprint density at radius 2 is 1.56 bits per heavy atom. The molecule has 4 rings (SSSR count). The van der Waals surface area contributed by atoms with Gasteiger partial charge in [0.25, 0.3) is 0 Å². The molecule has 2 heterocycles. The van der Waals surface area contributed by atoms with Gasteiger partial charge in [0.1, 0.15) is 30.4 Å². The van der Waals surface area contributed by atoms with E-state index in [2.05, 4.69) is 10.6 Å². The Kier molecular flexibility index (Phi) is 10.4. The van der Waals surface area contributed by atoms with E-state index in [1.165, 1.54) is 21.9 Å². The number of likely N-dealkylation sites (tertiary alicyclic amines) is 2. The molecule has 5 atom stereocenters. The second kappa shape index (κ2) is 14.1. The average Bonchev–Trinajstić information content (AvgIpc) is 3.63. The van der Waals surface area contributed by atoms with E-state index in [1.54, 1.807) is 12.1 Å². The first-order valence-corrected chi connectivity index (χ1v) is 14.5. The molecule has 0 spiro atoms. The van der Waals surface area contributed by atoms with E-state index >= 15 is 0 Å². The molecule has 2 aromatic carbocycles. The number of carboxylic acid groups (broad SMARTS) is 1. The Labute approximate surface area is 250 Å². The lowest BCUT2D eigenvalue weighted by atomic mass is 10.0. The van der Waals surface area contributed by atoms with Gasteiger partial charge in [-0.05, 0) is 62.3 Å². The topological polar surface area (TPSA) is 182 Å². The van der Waals surface area contributed by atoms with Crippen molar-refractivity contribution in [1.82, 2.24) is 20.4 Å².